The molecule has 0 aromatic heterocycles. The molecule has 0 atom stereocenters. The van der Waals surface area contributed by atoms with Gasteiger partial charge in [0.15, 0.2) is 0 Å². The van der Waals surface area contributed by atoms with Gasteiger partial charge in [-0.1, -0.05) is 37.6 Å². The van der Waals surface area contributed by atoms with E-state index in [9.17, 15) is 14.9 Å². The summed E-state index contributed by atoms with van der Waals surface area (Å²) in [5, 5.41) is 10.6. The summed E-state index contributed by atoms with van der Waals surface area (Å²) in [5.41, 5.74) is 2.08. The van der Waals surface area contributed by atoms with E-state index in [1.807, 2.05) is 30.3 Å². The minimum atomic E-state index is -0.550. The minimum Gasteiger partial charge on any atom is -0.497 e. The summed E-state index contributed by atoms with van der Waals surface area (Å²) in [6.45, 7) is 2.13. The molecule has 0 aliphatic rings. The average Bonchev–Trinajstić information content (AvgIpc) is 2.71. The van der Waals surface area contributed by atoms with Crippen LogP contribution in [0.25, 0.3) is 5.57 Å². The van der Waals surface area contributed by atoms with Crippen molar-refractivity contribution in [2.45, 2.75) is 26.2 Å². The van der Waals surface area contributed by atoms with Gasteiger partial charge in [-0.25, -0.2) is 4.79 Å². The molecule has 0 radical (unpaired) electrons. The molecular weight excluding hydrogens is 358 g/mol. The highest BCUT2D eigenvalue weighted by atomic mass is 16.6. The van der Waals surface area contributed by atoms with E-state index in [1.165, 1.54) is 30.3 Å². The molecule has 28 heavy (non-hydrogen) atoms. The summed E-state index contributed by atoms with van der Waals surface area (Å²) in [6.07, 6.45) is 7.84. The first-order valence-corrected chi connectivity index (χ1v) is 9.01. The molecule has 146 valence electrons. The summed E-state index contributed by atoms with van der Waals surface area (Å²) >= 11 is 0. The summed E-state index contributed by atoms with van der Waals surface area (Å²) in [5.74, 6) is 0.482. The van der Waals surface area contributed by atoms with Gasteiger partial charge in [0.2, 0.25) is 0 Å². The van der Waals surface area contributed by atoms with Crippen LogP contribution in [-0.4, -0.2) is 18.0 Å². The third kappa shape index (κ3) is 6.39. The second kappa shape index (κ2) is 10.7. The second-order valence-electron chi connectivity index (χ2n) is 6.06. The van der Waals surface area contributed by atoms with Crippen molar-refractivity contribution < 1.29 is 19.2 Å². The Balaban J connectivity index is 2.08. The van der Waals surface area contributed by atoms with Gasteiger partial charge in [0.05, 0.1) is 12.0 Å². The number of esters is 1. The standard InChI is InChI=1S/C22H23NO5/c1-3-4-7-17(18-9-5-10-21(16-18)27-2)8-6-11-22(24)28-20-14-12-19(13-15-20)23(25)26/h5-6,8-16H,3-4,7H2,1-2H3/b11-6+,17-8+. The first kappa shape index (κ1) is 20.9. The number of carbonyl (C=O) groups excluding carboxylic acids is 1. The zero-order valence-electron chi connectivity index (χ0n) is 16.0. The predicted molar refractivity (Wildman–Crippen MR) is 108 cm³/mol. The summed E-state index contributed by atoms with van der Waals surface area (Å²) < 4.78 is 10.4. The Morgan fingerprint density at radius 3 is 2.54 bits per heavy atom. The highest BCUT2D eigenvalue weighted by molar-refractivity contribution is 5.85. The highest BCUT2D eigenvalue weighted by Crippen LogP contribution is 2.24. The van der Waals surface area contributed by atoms with Crippen LogP contribution < -0.4 is 9.47 Å². The smallest absolute Gasteiger partial charge is 0.336 e. The number of nitro benzene ring substituents is 1. The Morgan fingerprint density at radius 2 is 1.89 bits per heavy atom. The van der Waals surface area contributed by atoms with E-state index in [2.05, 4.69) is 6.92 Å². The van der Waals surface area contributed by atoms with Crippen LogP contribution in [0.5, 0.6) is 11.5 Å². The fraction of sp³-hybridized carbons (Fsp3) is 0.227. The molecule has 0 spiro atoms. The number of non-ortho nitro benzene ring substituents is 1. The summed E-state index contributed by atoms with van der Waals surface area (Å²) in [6, 6.07) is 13.2. The fourth-order valence-corrected chi connectivity index (χ4v) is 2.54. The molecule has 0 heterocycles. The van der Waals surface area contributed by atoms with Crippen LogP contribution in [0.4, 0.5) is 5.69 Å². The van der Waals surface area contributed by atoms with Crippen molar-refractivity contribution in [3.05, 3.63) is 82.4 Å². The fourth-order valence-electron chi connectivity index (χ4n) is 2.54. The van der Waals surface area contributed by atoms with Crippen LogP contribution >= 0.6 is 0 Å². The van der Waals surface area contributed by atoms with Crippen LogP contribution in [0.2, 0.25) is 0 Å². The van der Waals surface area contributed by atoms with Gasteiger partial charge in [-0.05, 0) is 48.2 Å². The van der Waals surface area contributed by atoms with Crippen molar-refractivity contribution in [3.8, 4) is 11.5 Å². The van der Waals surface area contributed by atoms with Gasteiger partial charge >= 0.3 is 5.97 Å². The lowest BCUT2D eigenvalue weighted by Crippen LogP contribution is -2.03. The molecule has 6 heteroatoms. The van der Waals surface area contributed by atoms with E-state index in [0.717, 1.165) is 36.1 Å². The third-order valence-electron chi connectivity index (χ3n) is 4.04. The Kier molecular flexibility index (Phi) is 7.96. The molecule has 2 aromatic rings. The number of unbranched alkanes of at least 4 members (excludes halogenated alkanes) is 1. The molecule has 0 N–H and O–H groups in total. The van der Waals surface area contributed by atoms with Gasteiger partial charge in [-0.3, -0.25) is 10.1 Å². The van der Waals surface area contributed by atoms with Crippen molar-refractivity contribution in [1.82, 2.24) is 0 Å². The van der Waals surface area contributed by atoms with Gasteiger partial charge in [0, 0.05) is 18.2 Å². The Hall–Kier alpha value is -3.41. The van der Waals surface area contributed by atoms with E-state index in [1.54, 1.807) is 13.2 Å². The molecule has 2 rings (SSSR count). The number of nitro groups is 1. The number of methoxy groups -OCH3 is 1. The normalized spacial score (nSPS) is 11.4. The van der Waals surface area contributed by atoms with E-state index in [-0.39, 0.29) is 11.4 Å². The second-order valence-corrected chi connectivity index (χ2v) is 6.06. The number of ether oxygens (including phenoxy) is 2. The number of carbonyl (C=O) groups is 1. The zero-order chi connectivity index (χ0) is 20.4. The van der Waals surface area contributed by atoms with Crippen molar-refractivity contribution in [1.29, 1.82) is 0 Å². The molecule has 2 aromatic carbocycles. The predicted octanol–water partition coefficient (Wildman–Crippen LogP) is 5.34. The molecule has 0 aliphatic carbocycles. The van der Waals surface area contributed by atoms with Gasteiger partial charge in [0.1, 0.15) is 11.5 Å². The molecule has 6 nitrogen and oxygen atoms in total. The maximum Gasteiger partial charge on any atom is 0.336 e. The first-order chi connectivity index (χ1) is 13.5. The van der Waals surface area contributed by atoms with Crippen molar-refractivity contribution in [3.63, 3.8) is 0 Å². The molecule has 0 amide bonds. The average molecular weight is 381 g/mol. The van der Waals surface area contributed by atoms with Crippen LogP contribution in [0.15, 0.2) is 66.8 Å². The number of hydrogen-bond acceptors (Lipinski definition) is 5. The van der Waals surface area contributed by atoms with Gasteiger partial charge in [-0.2, -0.15) is 0 Å². The third-order valence-corrected chi connectivity index (χ3v) is 4.04. The number of nitrogens with zero attached hydrogens (tertiary/aromatic N) is 1. The lowest BCUT2D eigenvalue weighted by Gasteiger charge is -2.08. The molecular formula is C22H23NO5. The van der Waals surface area contributed by atoms with Crippen molar-refractivity contribution in [2.24, 2.45) is 0 Å². The maximum atomic E-state index is 12.0. The van der Waals surface area contributed by atoms with Crippen LogP contribution in [0.1, 0.15) is 31.7 Å². The molecule has 0 unspecified atom stereocenters. The molecule has 0 aliphatic heterocycles. The van der Waals surface area contributed by atoms with Gasteiger partial charge in [0.25, 0.3) is 5.69 Å². The summed E-state index contributed by atoms with van der Waals surface area (Å²) in [4.78, 5) is 22.1. The lowest BCUT2D eigenvalue weighted by atomic mass is 9.99. The van der Waals surface area contributed by atoms with Crippen molar-refractivity contribution in [2.75, 3.05) is 7.11 Å². The monoisotopic (exact) mass is 381 g/mol. The number of benzene rings is 2. The largest absolute Gasteiger partial charge is 0.497 e. The number of allylic oxidation sites excluding steroid dienone is 3. The molecule has 0 bridgehead atoms. The maximum absolute atomic E-state index is 12.0. The Morgan fingerprint density at radius 1 is 1.14 bits per heavy atom. The zero-order valence-corrected chi connectivity index (χ0v) is 16.0. The van der Waals surface area contributed by atoms with Crippen LogP contribution in [0, 0.1) is 10.1 Å². The van der Waals surface area contributed by atoms with Crippen LogP contribution in [0.3, 0.4) is 0 Å². The quantitative estimate of drug-likeness (QED) is 0.146. The molecule has 0 saturated heterocycles. The number of rotatable bonds is 9. The number of hydrogen-bond donors (Lipinski definition) is 0. The molecule has 0 saturated carbocycles. The minimum absolute atomic E-state index is 0.0582. The van der Waals surface area contributed by atoms with Gasteiger partial charge in [-0.15, -0.1) is 0 Å². The summed E-state index contributed by atoms with van der Waals surface area (Å²) in [7, 11) is 1.63. The lowest BCUT2D eigenvalue weighted by molar-refractivity contribution is -0.384. The van der Waals surface area contributed by atoms with Gasteiger partial charge < -0.3 is 9.47 Å². The van der Waals surface area contributed by atoms with Crippen LogP contribution in [-0.2, 0) is 4.79 Å². The first-order valence-electron chi connectivity index (χ1n) is 9.01. The Bertz CT molecular complexity index is 869. The SMILES string of the molecule is CCCC/C(=C\C=C\C(=O)Oc1ccc([N+](=O)[O-])cc1)c1cccc(OC)c1. The van der Waals surface area contributed by atoms with Crippen molar-refractivity contribution >= 4 is 17.2 Å². The topological polar surface area (TPSA) is 78.7 Å². The van der Waals surface area contributed by atoms with E-state index in [0.29, 0.717) is 0 Å². The highest BCUT2D eigenvalue weighted by Gasteiger charge is 2.06. The van der Waals surface area contributed by atoms with E-state index < -0.39 is 10.9 Å². The Labute approximate surface area is 164 Å². The molecule has 0 fully saturated rings. The van der Waals surface area contributed by atoms with E-state index in [4.69, 9.17) is 9.47 Å². The van der Waals surface area contributed by atoms with E-state index >= 15 is 0 Å².